The Bertz CT molecular complexity index is 1880. The molecule has 0 saturated heterocycles. The van der Waals surface area contributed by atoms with Gasteiger partial charge in [-0.1, -0.05) is 103 Å². The van der Waals surface area contributed by atoms with Crippen molar-refractivity contribution < 1.29 is 4.79 Å². The van der Waals surface area contributed by atoms with Crippen molar-refractivity contribution in [2.75, 3.05) is 6.16 Å². The predicted molar refractivity (Wildman–Crippen MR) is 173 cm³/mol. The number of carbonyl (C=O) groups is 1. The molecular formula is C38H28OP+. The van der Waals surface area contributed by atoms with Crippen molar-refractivity contribution in [1.29, 1.82) is 0 Å². The molecule has 7 aromatic rings. The molecule has 0 radical (unpaired) electrons. The van der Waals surface area contributed by atoms with Gasteiger partial charge in [-0.2, -0.15) is 0 Å². The Hall–Kier alpha value is -4.58. The van der Waals surface area contributed by atoms with Gasteiger partial charge in [-0.15, -0.1) is 0 Å². The first-order chi connectivity index (χ1) is 19.7. The maximum absolute atomic E-state index is 15.0. The van der Waals surface area contributed by atoms with Crippen LogP contribution >= 0.6 is 7.26 Å². The van der Waals surface area contributed by atoms with Gasteiger partial charge in [0.1, 0.15) is 29.3 Å². The van der Waals surface area contributed by atoms with Gasteiger partial charge in [0.05, 0.1) is 0 Å². The van der Waals surface area contributed by atoms with Gasteiger partial charge in [0, 0.05) is 5.56 Å². The Balaban J connectivity index is 1.52. The molecule has 0 aromatic heterocycles. The highest BCUT2D eigenvalue weighted by Crippen LogP contribution is 2.56. The van der Waals surface area contributed by atoms with Crippen molar-refractivity contribution in [3.05, 3.63) is 163 Å². The highest BCUT2D eigenvalue weighted by molar-refractivity contribution is 7.96. The smallest absolute Gasteiger partial charge is 0.202 e. The summed E-state index contributed by atoms with van der Waals surface area (Å²) in [5, 5.41) is 10.2. The van der Waals surface area contributed by atoms with Crippen molar-refractivity contribution in [2.24, 2.45) is 0 Å². The van der Waals surface area contributed by atoms with Gasteiger partial charge in [-0.3, -0.25) is 4.79 Å². The van der Waals surface area contributed by atoms with Crippen molar-refractivity contribution in [3.63, 3.8) is 0 Å². The third kappa shape index (κ3) is 4.11. The molecule has 0 amide bonds. The van der Waals surface area contributed by atoms with Gasteiger partial charge in [0.2, 0.25) is 5.78 Å². The minimum atomic E-state index is -2.33. The lowest BCUT2D eigenvalue weighted by molar-refractivity contribution is 0.102. The summed E-state index contributed by atoms with van der Waals surface area (Å²) in [7, 11) is -2.33. The van der Waals surface area contributed by atoms with Gasteiger partial charge in [-0.25, -0.2) is 0 Å². The van der Waals surface area contributed by atoms with Crippen LogP contribution in [0.3, 0.4) is 0 Å². The molecular weight excluding hydrogens is 503 g/mol. The summed E-state index contributed by atoms with van der Waals surface area (Å²) < 4.78 is 0. The Morgan fingerprint density at radius 2 is 0.850 bits per heavy atom. The van der Waals surface area contributed by atoms with Crippen LogP contribution in [0.2, 0.25) is 0 Å². The summed E-state index contributed by atoms with van der Waals surface area (Å²) >= 11 is 0. The largest absolute Gasteiger partial charge is 0.290 e. The van der Waals surface area contributed by atoms with Crippen molar-refractivity contribution in [1.82, 2.24) is 0 Å². The topological polar surface area (TPSA) is 17.1 Å². The lowest BCUT2D eigenvalue weighted by atomic mass is 9.92. The third-order valence-corrected chi connectivity index (χ3v) is 12.3. The van der Waals surface area contributed by atoms with Gasteiger partial charge in [0.15, 0.2) is 0 Å². The zero-order chi connectivity index (χ0) is 26.9. The monoisotopic (exact) mass is 531 g/mol. The van der Waals surface area contributed by atoms with Gasteiger partial charge < -0.3 is 0 Å². The molecule has 7 aromatic carbocycles. The maximum Gasteiger partial charge on any atom is 0.202 e. The van der Waals surface area contributed by atoms with E-state index in [4.69, 9.17) is 0 Å². The second-order valence-corrected chi connectivity index (χ2v) is 13.8. The van der Waals surface area contributed by atoms with Crippen LogP contribution in [0.5, 0.6) is 0 Å². The van der Waals surface area contributed by atoms with E-state index in [1.165, 1.54) is 21.3 Å². The molecule has 0 fully saturated rings. The lowest BCUT2D eigenvalue weighted by Crippen LogP contribution is -2.35. The second kappa shape index (κ2) is 10.2. The van der Waals surface area contributed by atoms with E-state index in [2.05, 4.69) is 152 Å². The molecule has 40 heavy (non-hydrogen) atoms. The normalized spacial score (nSPS) is 11.7. The standard InChI is InChI=1S/C38H28OP/c39-37(38-35-23-13-12-16-30(35)25-31-24-28-14-10-11-15-29(28)26-36(31)38)27-40(32-17-4-1-5-18-32,33-19-6-2-7-20-33)34-21-8-3-9-22-34/h1-26H,27H2/q+1. The van der Waals surface area contributed by atoms with E-state index in [9.17, 15) is 4.79 Å². The van der Waals surface area contributed by atoms with Crippen LogP contribution in [-0.4, -0.2) is 11.9 Å². The lowest BCUT2D eigenvalue weighted by Gasteiger charge is -2.27. The number of carbonyl (C=O) groups excluding carboxylic acids is 1. The molecule has 0 unspecified atom stereocenters. The van der Waals surface area contributed by atoms with Crippen LogP contribution in [0.15, 0.2) is 158 Å². The minimum Gasteiger partial charge on any atom is -0.290 e. The summed E-state index contributed by atoms with van der Waals surface area (Å²) in [6.07, 6.45) is 0.418. The fraction of sp³-hybridized carbons (Fsp3) is 0.0263. The van der Waals surface area contributed by atoms with E-state index in [1.54, 1.807) is 0 Å². The highest BCUT2D eigenvalue weighted by Gasteiger charge is 2.47. The first-order valence-corrected chi connectivity index (χ1v) is 15.6. The summed E-state index contributed by atoms with van der Waals surface area (Å²) in [5.74, 6) is 0.182. The molecule has 0 aliphatic heterocycles. The number of rotatable bonds is 6. The molecule has 190 valence electrons. The van der Waals surface area contributed by atoms with E-state index < -0.39 is 7.26 Å². The Kier molecular flexibility index (Phi) is 6.23. The Morgan fingerprint density at radius 3 is 1.40 bits per heavy atom. The molecule has 0 heterocycles. The molecule has 0 aliphatic rings. The predicted octanol–water partition coefficient (Wildman–Crippen LogP) is 8.32. The van der Waals surface area contributed by atoms with Crippen LogP contribution in [0.4, 0.5) is 0 Å². The van der Waals surface area contributed by atoms with Gasteiger partial charge in [0.25, 0.3) is 0 Å². The number of benzene rings is 7. The van der Waals surface area contributed by atoms with Gasteiger partial charge in [-0.05, 0) is 86.9 Å². The van der Waals surface area contributed by atoms with E-state index in [1.807, 2.05) is 6.07 Å². The second-order valence-electron chi connectivity index (χ2n) is 10.3. The number of Topliss-reactive ketones (excluding diaryl/α,β-unsaturated/α-hetero) is 1. The minimum absolute atomic E-state index is 0.182. The Morgan fingerprint density at radius 1 is 0.425 bits per heavy atom. The molecule has 0 N–H and O–H groups in total. The van der Waals surface area contributed by atoms with Crippen molar-refractivity contribution in [2.45, 2.75) is 0 Å². The molecule has 0 spiro atoms. The fourth-order valence-electron chi connectivity index (χ4n) is 6.12. The van der Waals surface area contributed by atoms with E-state index >= 15 is 0 Å². The average molecular weight is 532 g/mol. The first-order valence-electron chi connectivity index (χ1n) is 13.7. The van der Waals surface area contributed by atoms with Crippen LogP contribution < -0.4 is 15.9 Å². The maximum atomic E-state index is 15.0. The summed E-state index contributed by atoms with van der Waals surface area (Å²) in [6.45, 7) is 0. The molecule has 2 heteroatoms. The summed E-state index contributed by atoms with van der Waals surface area (Å²) in [5.41, 5.74) is 0.825. The quantitative estimate of drug-likeness (QED) is 0.120. The molecule has 7 rings (SSSR count). The van der Waals surface area contributed by atoms with Crippen molar-refractivity contribution in [3.8, 4) is 0 Å². The zero-order valence-corrected chi connectivity index (χ0v) is 23.0. The number of fused-ring (bicyclic) bond motifs is 3. The SMILES string of the molecule is O=C(C[P+](c1ccccc1)(c1ccccc1)c1ccccc1)c1c2ccccc2cc2cc3ccccc3cc12. The third-order valence-electron chi connectivity index (χ3n) is 7.98. The van der Waals surface area contributed by atoms with Crippen LogP contribution in [-0.2, 0) is 0 Å². The molecule has 0 bridgehead atoms. The van der Waals surface area contributed by atoms with Gasteiger partial charge >= 0.3 is 0 Å². The van der Waals surface area contributed by atoms with E-state index in [0.717, 1.165) is 32.5 Å². The van der Waals surface area contributed by atoms with Crippen molar-refractivity contribution >= 4 is 61.3 Å². The van der Waals surface area contributed by atoms with E-state index in [0.29, 0.717) is 6.16 Å². The number of ketones is 1. The summed E-state index contributed by atoms with van der Waals surface area (Å²) in [6, 6.07) is 55.3. The van der Waals surface area contributed by atoms with Crippen LogP contribution in [0.1, 0.15) is 10.4 Å². The van der Waals surface area contributed by atoms with Crippen LogP contribution in [0, 0.1) is 0 Å². The fourth-order valence-corrected chi connectivity index (χ4v) is 10.2. The molecule has 0 saturated carbocycles. The molecule has 0 aliphatic carbocycles. The first kappa shape index (κ1) is 24.5. The molecule has 0 atom stereocenters. The Labute approximate surface area is 235 Å². The van der Waals surface area contributed by atoms with E-state index in [-0.39, 0.29) is 5.78 Å². The highest BCUT2D eigenvalue weighted by atomic mass is 31.2. The summed E-state index contributed by atoms with van der Waals surface area (Å²) in [4.78, 5) is 15.0. The average Bonchev–Trinajstić information content (AvgIpc) is 3.02. The van der Waals surface area contributed by atoms with Crippen LogP contribution in [0.25, 0.3) is 32.3 Å². The molecule has 1 nitrogen and oxygen atoms in total. The number of hydrogen-bond donors (Lipinski definition) is 0. The number of hydrogen-bond acceptors (Lipinski definition) is 1. The zero-order valence-electron chi connectivity index (χ0n) is 22.1.